The standard InChI is InChI=1S/C26H46O10Si2/c1-13-14-17(27)18(35-37(9,10)23(2,3)4)20(36-38(11,12)24(5,6)7)25-15-32-22(30)26(25,34-16-33-25)19(28)21(29)31-8/h13,18-20,28H,1,14-16H2,2-12H3/t18-,19+,20-,25-,26-/m0/s1. The maximum absolute atomic E-state index is 13.8. The van der Waals surface area contributed by atoms with Crippen LogP contribution in [-0.4, -0.2) is 89.5 Å². The fraction of sp³-hybridized carbons (Fsp3) is 0.808. The molecule has 1 N–H and O–H groups in total. The molecule has 10 nitrogen and oxygen atoms in total. The fourth-order valence-electron chi connectivity index (χ4n) is 4.14. The van der Waals surface area contributed by atoms with Gasteiger partial charge in [0.25, 0.3) is 0 Å². The van der Waals surface area contributed by atoms with E-state index >= 15 is 0 Å². The van der Waals surface area contributed by atoms with E-state index in [9.17, 15) is 19.5 Å². The first-order valence-electron chi connectivity index (χ1n) is 12.9. The van der Waals surface area contributed by atoms with Gasteiger partial charge in [-0.3, -0.25) is 4.79 Å². The zero-order valence-corrected chi connectivity index (χ0v) is 26.8. The van der Waals surface area contributed by atoms with E-state index in [0.717, 1.165) is 7.11 Å². The van der Waals surface area contributed by atoms with Gasteiger partial charge in [-0.2, -0.15) is 0 Å². The van der Waals surface area contributed by atoms with Crippen LogP contribution in [0.25, 0.3) is 0 Å². The highest BCUT2D eigenvalue weighted by atomic mass is 28.4. The van der Waals surface area contributed by atoms with Crippen LogP contribution < -0.4 is 0 Å². The molecule has 2 aliphatic rings. The van der Waals surface area contributed by atoms with Crippen LogP contribution in [0, 0.1) is 0 Å². The predicted molar refractivity (Wildman–Crippen MR) is 145 cm³/mol. The van der Waals surface area contributed by atoms with Gasteiger partial charge in [-0.25, -0.2) is 9.59 Å². The third-order valence-electron chi connectivity index (χ3n) is 8.62. The molecule has 0 aromatic heterocycles. The normalized spacial score (nSPS) is 26.8. The number of fused-ring (bicyclic) bond motifs is 1. The predicted octanol–water partition coefficient (Wildman–Crippen LogP) is 3.49. The van der Waals surface area contributed by atoms with Crippen molar-refractivity contribution >= 4 is 34.4 Å². The molecule has 5 atom stereocenters. The van der Waals surface area contributed by atoms with Crippen molar-refractivity contribution in [2.75, 3.05) is 20.5 Å². The Kier molecular flexibility index (Phi) is 9.38. The molecule has 0 aromatic carbocycles. The molecule has 0 radical (unpaired) electrons. The SMILES string of the molecule is C=CCC(=O)[C@H](O[Si](C)(C)C(C)(C)C)[C@H](O[Si](C)(C)C(C)(C)C)[C@@]12COC(=O)[C@]1([C@H](O)C(=O)OC)OCO2. The molecular formula is C26H46O10Si2. The summed E-state index contributed by atoms with van der Waals surface area (Å²) in [6, 6.07) is 0. The van der Waals surface area contributed by atoms with E-state index in [-0.39, 0.29) is 22.3 Å². The van der Waals surface area contributed by atoms with Gasteiger partial charge < -0.3 is 32.9 Å². The summed E-state index contributed by atoms with van der Waals surface area (Å²) < 4.78 is 35.7. The number of methoxy groups -OCH3 is 1. The average Bonchev–Trinajstić information content (AvgIpc) is 3.30. The maximum Gasteiger partial charge on any atom is 0.345 e. The summed E-state index contributed by atoms with van der Waals surface area (Å²) in [5, 5.41) is 10.5. The Bertz CT molecular complexity index is 935. The molecule has 218 valence electrons. The third-order valence-corrected chi connectivity index (χ3v) is 17.5. The molecule has 12 heteroatoms. The van der Waals surface area contributed by atoms with Gasteiger partial charge in [0.1, 0.15) is 25.6 Å². The molecule has 0 aromatic rings. The Morgan fingerprint density at radius 3 is 2.05 bits per heavy atom. The van der Waals surface area contributed by atoms with Crippen molar-refractivity contribution in [3.05, 3.63) is 12.7 Å². The van der Waals surface area contributed by atoms with Crippen LogP contribution in [0.15, 0.2) is 12.7 Å². The lowest BCUT2D eigenvalue weighted by molar-refractivity contribution is -0.191. The molecule has 2 saturated heterocycles. The van der Waals surface area contributed by atoms with Gasteiger partial charge in [-0.15, -0.1) is 6.58 Å². The van der Waals surface area contributed by atoms with Crippen molar-refractivity contribution in [1.29, 1.82) is 0 Å². The Hall–Kier alpha value is -1.42. The second-order valence-electron chi connectivity index (χ2n) is 13.1. The topological polar surface area (TPSA) is 127 Å². The van der Waals surface area contributed by atoms with Gasteiger partial charge in [0.05, 0.1) is 7.11 Å². The van der Waals surface area contributed by atoms with Crippen molar-refractivity contribution in [3.8, 4) is 0 Å². The van der Waals surface area contributed by atoms with Crippen molar-refractivity contribution in [2.45, 2.75) is 114 Å². The zero-order valence-electron chi connectivity index (χ0n) is 24.8. The Morgan fingerprint density at radius 1 is 1.05 bits per heavy atom. The number of carbonyl (C=O) groups is 3. The highest BCUT2D eigenvalue weighted by Gasteiger charge is 2.79. The molecule has 0 bridgehead atoms. The monoisotopic (exact) mass is 574 g/mol. The van der Waals surface area contributed by atoms with E-state index in [0.29, 0.717) is 0 Å². The number of aliphatic hydroxyl groups excluding tert-OH is 1. The quantitative estimate of drug-likeness (QED) is 0.223. The van der Waals surface area contributed by atoms with Gasteiger partial charge in [-0.1, -0.05) is 47.6 Å². The Morgan fingerprint density at radius 2 is 1.58 bits per heavy atom. The molecule has 0 spiro atoms. The highest BCUT2D eigenvalue weighted by Crippen LogP contribution is 2.52. The summed E-state index contributed by atoms with van der Waals surface area (Å²) in [4.78, 5) is 39.7. The number of ether oxygens (including phenoxy) is 4. The number of Topliss-reactive ketones (excluding diaryl/α,β-unsaturated/α-hetero) is 1. The van der Waals surface area contributed by atoms with E-state index in [2.05, 4.69) is 6.58 Å². The molecule has 2 heterocycles. The first kappa shape index (κ1) is 32.8. The zero-order chi connectivity index (χ0) is 29.5. The molecule has 0 amide bonds. The van der Waals surface area contributed by atoms with Crippen LogP contribution in [0.5, 0.6) is 0 Å². The van der Waals surface area contributed by atoms with Crippen molar-refractivity contribution in [2.24, 2.45) is 0 Å². The van der Waals surface area contributed by atoms with Gasteiger partial charge in [0, 0.05) is 6.42 Å². The minimum atomic E-state index is -2.72. The van der Waals surface area contributed by atoms with Crippen molar-refractivity contribution in [3.63, 3.8) is 0 Å². The van der Waals surface area contributed by atoms with E-state index < -0.39 is 71.5 Å². The largest absolute Gasteiger partial charge is 0.467 e. The first-order valence-corrected chi connectivity index (χ1v) is 18.7. The number of allylic oxidation sites excluding steroid dienone is 1. The number of ketones is 1. The third kappa shape index (κ3) is 5.45. The van der Waals surface area contributed by atoms with Crippen LogP contribution in [0.4, 0.5) is 0 Å². The number of hydrogen-bond acceptors (Lipinski definition) is 10. The van der Waals surface area contributed by atoms with Crippen LogP contribution in [0.3, 0.4) is 0 Å². The minimum absolute atomic E-state index is 0.0328. The van der Waals surface area contributed by atoms with Crippen LogP contribution in [0.1, 0.15) is 48.0 Å². The van der Waals surface area contributed by atoms with Crippen molar-refractivity contribution < 1.29 is 47.3 Å². The van der Waals surface area contributed by atoms with E-state index in [1.54, 1.807) is 0 Å². The van der Waals surface area contributed by atoms with Crippen LogP contribution >= 0.6 is 0 Å². The molecule has 38 heavy (non-hydrogen) atoms. The number of rotatable bonds is 11. The summed E-state index contributed by atoms with van der Waals surface area (Å²) in [6.07, 6.45) is -3.15. The second-order valence-corrected chi connectivity index (χ2v) is 22.6. The number of aliphatic hydroxyl groups is 1. The van der Waals surface area contributed by atoms with Crippen LogP contribution in [-0.2, 0) is 42.2 Å². The minimum Gasteiger partial charge on any atom is -0.467 e. The summed E-state index contributed by atoms with van der Waals surface area (Å²) in [5.41, 5.74) is -4.20. The Labute approximate surface area is 228 Å². The number of hydrogen-bond donors (Lipinski definition) is 1. The maximum atomic E-state index is 13.8. The molecule has 0 saturated carbocycles. The van der Waals surface area contributed by atoms with Gasteiger partial charge in [0.15, 0.2) is 34.1 Å². The van der Waals surface area contributed by atoms with E-state index in [4.69, 9.17) is 27.8 Å². The van der Waals surface area contributed by atoms with Gasteiger partial charge in [0.2, 0.25) is 5.60 Å². The molecule has 2 aliphatic heterocycles. The number of esters is 2. The lowest BCUT2D eigenvalue weighted by Gasteiger charge is -2.50. The lowest BCUT2D eigenvalue weighted by atomic mass is 9.74. The molecule has 0 unspecified atom stereocenters. The van der Waals surface area contributed by atoms with Gasteiger partial charge >= 0.3 is 11.9 Å². The highest BCUT2D eigenvalue weighted by molar-refractivity contribution is 6.74. The molecular weight excluding hydrogens is 528 g/mol. The summed E-state index contributed by atoms with van der Waals surface area (Å²) in [5.74, 6) is -2.44. The summed E-state index contributed by atoms with van der Waals surface area (Å²) in [7, 11) is -4.27. The van der Waals surface area contributed by atoms with Crippen molar-refractivity contribution in [1.82, 2.24) is 0 Å². The number of cyclic esters (lactones) is 1. The average molecular weight is 575 g/mol. The smallest absolute Gasteiger partial charge is 0.345 e. The van der Waals surface area contributed by atoms with E-state index in [1.807, 2.05) is 67.7 Å². The fourth-order valence-corrected chi connectivity index (χ4v) is 6.68. The summed E-state index contributed by atoms with van der Waals surface area (Å²) in [6.45, 7) is 23.1. The lowest BCUT2D eigenvalue weighted by Crippen LogP contribution is -2.72. The number of carbonyl (C=O) groups excluding carboxylic acids is 3. The van der Waals surface area contributed by atoms with Gasteiger partial charge in [-0.05, 0) is 36.3 Å². The Balaban J connectivity index is 2.87. The molecule has 0 aliphatic carbocycles. The molecule has 2 rings (SSSR count). The second kappa shape index (κ2) is 10.9. The van der Waals surface area contributed by atoms with Crippen LogP contribution in [0.2, 0.25) is 36.3 Å². The summed E-state index contributed by atoms with van der Waals surface area (Å²) >= 11 is 0. The first-order chi connectivity index (χ1) is 17.1. The van der Waals surface area contributed by atoms with E-state index in [1.165, 1.54) is 6.08 Å². The molecule has 2 fully saturated rings.